The van der Waals surface area contributed by atoms with Gasteiger partial charge in [-0.2, -0.15) is 0 Å². The summed E-state index contributed by atoms with van der Waals surface area (Å²) >= 11 is 0. The van der Waals surface area contributed by atoms with Gasteiger partial charge < -0.3 is 14.6 Å². The first-order valence-corrected chi connectivity index (χ1v) is 9.82. The molecule has 0 aliphatic rings. The molecule has 32 heavy (non-hydrogen) atoms. The number of nitrogens with zero attached hydrogens (tertiary/aromatic N) is 5. The van der Waals surface area contributed by atoms with Crippen molar-refractivity contribution < 1.29 is 14.1 Å². The van der Waals surface area contributed by atoms with Gasteiger partial charge in [0, 0.05) is 18.0 Å². The molecular weight excluding hydrogens is 408 g/mol. The lowest BCUT2D eigenvalue weighted by Crippen LogP contribution is -2.14. The summed E-state index contributed by atoms with van der Waals surface area (Å²) in [6.45, 7) is 1.70. The quantitative estimate of drug-likeness (QED) is 0.452. The number of hydrogen-bond acceptors (Lipinski definition) is 7. The van der Waals surface area contributed by atoms with Crippen molar-refractivity contribution in [3.8, 4) is 28.5 Å². The number of hydrogen-bond donors (Lipinski definition) is 1. The highest BCUT2D eigenvalue weighted by Crippen LogP contribution is 2.30. The van der Waals surface area contributed by atoms with Crippen LogP contribution < -0.4 is 10.1 Å². The van der Waals surface area contributed by atoms with Gasteiger partial charge in [0.05, 0.1) is 24.7 Å². The van der Waals surface area contributed by atoms with E-state index in [1.54, 1.807) is 31.5 Å². The molecule has 1 N–H and O–H groups in total. The zero-order valence-electron chi connectivity index (χ0n) is 17.3. The number of methoxy groups -OCH3 is 1. The minimum atomic E-state index is -0.366. The summed E-state index contributed by atoms with van der Waals surface area (Å²) in [5.74, 6) is 0.889. The van der Waals surface area contributed by atoms with Crippen LogP contribution >= 0.6 is 0 Å². The first-order valence-electron chi connectivity index (χ1n) is 9.82. The van der Waals surface area contributed by atoms with Gasteiger partial charge in [-0.1, -0.05) is 35.5 Å². The number of fused-ring (bicyclic) bond motifs is 1. The highest BCUT2D eigenvalue weighted by molar-refractivity contribution is 6.09. The Hall–Kier alpha value is -4.53. The predicted octanol–water partition coefficient (Wildman–Crippen LogP) is 4.02. The van der Waals surface area contributed by atoms with Crippen LogP contribution in [0, 0.1) is 6.92 Å². The zero-order chi connectivity index (χ0) is 22.1. The molecule has 0 saturated carbocycles. The fourth-order valence-corrected chi connectivity index (χ4v) is 3.47. The number of nitrogens with one attached hydrogen (secondary N) is 1. The van der Waals surface area contributed by atoms with Crippen LogP contribution in [-0.4, -0.2) is 37.5 Å². The van der Waals surface area contributed by atoms with Crippen LogP contribution in [0.5, 0.6) is 5.88 Å². The molecule has 1 amide bonds. The van der Waals surface area contributed by atoms with Gasteiger partial charge in [0.15, 0.2) is 0 Å². The number of benzene rings is 1. The second kappa shape index (κ2) is 7.95. The van der Waals surface area contributed by atoms with Gasteiger partial charge >= 0.3 is 0 Å². The highest BCUT2D eigenvalue weighted by Gasteiger charge is 2.23. The lowest BCUT2D eigenvalue weighted by atomic mass is 10.1. The van der Waals surface area contributed by atoms with E-state index in [0.29, 0.717) is 34.2 Å². The molecule has 158 valence electrons. The van der Waals surface area contributed by atoms with E-state index in [1.807, 2.05) is 47.0 Å². The molecule has 0 bridgehead atoms. The van der Waals surface area contributed by atoms with E-state index >= 15 is 0 Å². The van der Waals surface area contributed by atoms with Crippen molar-refractivity contribution in [2.75, 3.05) is 12.4 Å². The Labute approximate surface area is 182 Å². The van der Waals surface area contributed by atoms with Crippen molar-refractivity contribution in [3.05, 3.63) is 78.4 Å². The molecule has 0 radical (unpaired) electrons. The summed E-state index contributed by atoms with van der Waals surface area (Å²) in [6.07, 6.45) is 5.22. The van der Waals surface area contributed by atoms with Crippen molar-refractivity contribution >= 4 is 17.4 Å². The third-order valence-corrected chi connectivity index (χ3v) is 4.99. The number of rotatable bonds is 5. The highest BCUT2D eigenvalue weighted by atomic mass is 16.5. The van der Waals surface area contributed by atoms with Crippen LogP contribution in [0.4, 0.5) is 5.69 Å². The van der Waals surface area contributed by atoms with Gasteiger partial charge in [-0.15, -0.1) is 0 Å². The molecular formula is C23H18N6O3. The number of ether oxygens (including phenoxy) is 1. The van der Waals surface area contributed by atoms with Crippen LogP contribution in [0.1, 0.15) is 16.1 Å². The molecule has 0 aliphatic heterocycles. The number of carbonyl (C=O) groups excluding carboxylic acids is 1. The molecule has 0 aliphatic carbocycles. The number of aryl methyl sites for hydroxylation is 1. The van der Waals surface area contributed by atoms with Crippen LogP contribution in [0.3, 0.4) is 0 Å². The van der Waals surface area contributed by atoms with Crippen LogP contribution in [0.25, 0.3) is 28.4 Å². The monoisotopic (exact) mass is 426 g/mol. The Kier molecular flexibility index (Phi) is 4.83. The molecule has 4 heterocycles. The first kappa shape index (κ1) is 19.4. The number of amides is 1. The Morgan fingerprint density at radius 1 is 1.09 bits per heavy atom. The summed E-state index contributed by atoms with van der Waals surface area (Å²) in [7, 11) is 1.50. The topological polar surface area (TPSA) is 107 Å². The Morgan fingerprint density at radius 2 is 1.94 bits per heavy atom. The summed E-state index contributed by atoms with van der Waals surface area (Å²) in [5.41, 5.74) is 3.43. The van der Waals surface area contributed by atoms with Crippen molar-refractivity contribution in [2.45, 2.75) is 6.92 Å². The number of aromatic nitrogens is 5. The summed E-state index contributed by atoms with van der Waals surface area (Å²) in [6, 6.07) is 14.7. The van der Waals surface area contributed by atoms with Gasteiger partial charge in [-0.25, -0.2) is 15.0 Å². The average molecular weight is 426 g/mol. The number of pyridine rings is 1. The van der Waals surface area contributed by atoms with E-state index in [-0.39, 0.29) is 11.8 Å². The van der Waals surface area contributed by atoms with E-state index in [2.05, 4.69) is 25.4 Å². The van der Waals surface area contributed by atoms with Crippen molar-refractivity contribution in [2.24, 2.45) is 0 Å². The van der Waals surface area contributed by atoms with E-state index < -0.39 is 0 Å². The fraction of sp³-hybridized carbons (Fsp3) is 0.0870. The molecule has 0 fully saturated rings. The molecule has 5 aromatic rings. The minimum absolute atomic E-state index is 0.269. The maximum atomic E-state index is 13.1. The largest absolute Gasteiger partial charge is 0.479 e. The van der Waals surface area contributed by atoms with Crippen LogP contribution in [0.15, 0.2) is 71.6 Å². The Bertz CT molecular complexity index is 1420. The van der Waals surface area contributed by atoms with Gasteiger partial charge in [0.1, 0.15) is 22.7 Å². The lowest BCUT2D eigenvalue weighted by molar-refractivity contribution is 0.102. The molecule has 0 unspecified atom stereocenters. The van der Waals surface area contributed by atoms with Crippen molar-refractivity contribution in [3.63, 3.8) is 0 Å². The SMILES string of the molecule is COc1nc(-c2cnc3ncccn23)ccc1NC(=O)c1c(-c2ccccc2)noc1C. The van der Waals surface area contributed by atoms with E-state index in [4.69, 9.17) is 9.26 Å². The molecule has 1 aromatic carbocycles. The van der Waals surface area contributed by atoms with Crippen LogP contribution in [0.2, 0.25) is 0 Å². The Balaban J connectivity index is 1.48. The Morgan fingerprint density at radius 3 is 2.75 bits per heavy atom. The first-order chi connectivity index (χ1) is 15.7. The predicted molar refractivity (Wildman–Crippen MR) is 117 cm³/mol. The van der Waals surface area contributed by atoms with Gasteiger partial charge in [0.2, 0.25) is 11.7 Å². The van der Waals surface area contributed by atoms with Crippen molar-refractivity contribution in [1.82, 2.24) is 24.5 Å². The van der Waals surface area contributed by atoms with E-state index in [0.717, 1.165) is 11.3 Å². The van der Waals surface area contributed by atoms with E-state index in [1.165, 1.54) is 7.11 Å². The molecule has 0 saturated heterocycles. The molecule has 5 rings (SSSR count). The summed E-state index contributed by atoms with van der Waals surface area (Å²) in [5, 5.41) is 6.93. The lowest BCUT2D eigenvalue weighted by Gasteiger charge is -2.11. The van der Waals surface area contributed by atoms with Gasteiger partial charge in [0.25, 0.3) is 5.91 Å². The smallest absolute Gasteiger partial charge is 0.261 e. The maximum Gasteiger partial charge on any atom is 0.261 e. The second-order valence-corrected chi connectivity index (χ2v) is 6.97. The molecule has 9 nitrogen and oxygen atoms in total. The van der Waals surface area contributed by atoms with E-state index in [9.17, 15) is 4.79 Å². The third-order valence-electron chi connectivity index (χ3n) is 4.99. The van der Waals surface area contributed by atoms with Gasteiger partial charge in [-0.3, -0.25) is 9.20 Å². The van der Waals surface area contributed by atoms with Gasteiger partial charge in [-0.05, 0) is 25.1 Å². The maximum absolute atomic E-state index is 13.1. The standard InChI is InChI=1S/C23H18N6O3/c1-14-19(20(28-32-14)15-7-4-3-5-8-15)21(30)26-17-10-9-16(27-22(17)31-2)18-13-25-23-24-11-6-12-29(18)23/h3-13H,1-2H3,(H,26,30). The van der Waals surface area contributed by atoms with Crippen molar-refractivity contribution in [1.29, 1.82) is 0 Å². The van der Waals surface area contributed by atoms with Crippen LogP contribution in [-0.2, 0) is 0 Å². The number of anilines is 1. The molecule has 4 aromatic heterocycles. The molecule has 0 spiro atoms. The molecule has 0 atom stereocenters. The average Bonchev–Trinajstić information content (AvgIpc) is 3.43. The zero-order valence-corrected chi connectivity index (χ0v) is 17.3. The molecule has 9 heteroatoms. The minimum Gasteiger partial charge on any atom is -0.479 e. The summed E-state index contributed by atoms with van der Waals surface area (Å²) in [4.78, 5) is 26.2. The third kappa shape index (κ3) is 3.35. The number of carbonyl (C=O) groups is 1. The number of imidazole rings is 1. The second-order valence-electron chi connectivity index (χ2n) is 6.97. The summed E-state index contributed by atoms with van der Waals surface area (Å²) < 4.78 is 12.6. The normalized spacial score (nSPS) is 10.9. The fourth-order valence-electron chi connectivity index (χ4n) is 3.47.